The Labute approximate surface area is 149 Å². The zero-order valence-electron chi connectivity index (χ0n) is 13.3. The van der Waals surface area contributed by atoms with Crippen LogP contribution in [-0.2, 0) is 4.79 Å². The van der Waals surface area contributed by atoms with Crippen LogP contribution in [0.1, 0.15) is 18.0 Å². The molecule has 1 atom stereocenters. The molecule has 1 fully saturated rings. The molecule has 2 aromatic carbocycles. The molecule has 6 nitrogen and oxygen atoms in total. The summed E-state index contributed by atoms with van der Waals surface area (Å²) >= 11 is 6.23. The molecule has 2 aliphatic heterocycles. The van der Waals surface area contributed by atoms with E-state index in [0.717, 1.165) is 12.0 Å². The monoisotopic (exact) mass is 357 g/mol. The van der Waals surface area contributed by atoms with E-state index in [-0.39, 0.29) is 24.6 Å². The molecule has 0 spiro atoms. The first-order valence-electron chi connectivity index (χ1n) is 8.00. The number of fused-ring (bicyclic) bond motifs is 1. The van der Waals surface area contributed by atoms with Crippen LogP contribution in [0.4, 0.5) is 16.2 Å². The fourth-order valence-electron chi connectivity index (χ4n) is 3.04. The molecule has 2 heterocycles. The number of rotatable bonds is 2. The third kappa shape index (κ3) is 3.00. The number of nitrogens with zero attached hydrogens (tertiary/aromatic N) is 1. The van der Waals surface area contributed by atoms with Gasteiger partial charge >= 0.3 is 6.03 Å². The highest BCUT2D eigenvalue weighted by atomic mass is 35.5. The first-order chi connectivity index (χ1) is 12.1. The van der Waals surface area contributed by atoms with E-state index in [4.69, 9.17) is 16.3 Å². The van der Waals surface area contributed by atoms with Gasteiger partial charge in [0.2, 0.25) is 0 Å². The van der Waals surface area contributed by atoms with Crippen molar-refractivity contribution in [2.24, 2.45) is 0 Å². The van der Waals surface area contributed by atoms with Gasteiger partial charge < -0.3 is 20.3 Å². The highest BCUT2D eigenvalue weighted by Gasteiger charge is 2.33. The molecular weight excluding hydrogens is 342 g/mol. The van der Waals surface area contributed by atoms with Crippen molar-refractivity contribution in [3.63, 3.8) is 0 Å². The number of benzene rings is 2. The van der Waals surface area contributed by atoms with Crippen molar-refractivity contribution in [3.05, 3.63) is 53.1 Å². The highest BCUT2D eigenvalue weighted by Crippen LogP contribution is 2.38. The lowest BCUT2D eigenvalue weighted by Crippen LogP contribution is -2.47. The second-order valence-electron chi connectivity index (χ2n) is 6.00. The SMILES string of the molecule is O=C1COc2cc(NC(=O)N3CC[C@H]3c3ccccc3)c(Cl)cc2N1. The Hall–Kier alpha value is -2.73. The number of likely N-dealkylation sites (tertiary alicyclic amines) is 1. The molecule has 25 heavy (non-hydrogen) atoms. The van der Waals surface area contributed by atoms with Crippen LogP contribution in [0.3, 0.4) is 0 Å². The molecule has 0 unspecified atom stereocenters. The maximum atomic E-state index is 12.6. The number of carbonyl (C=O) groups is 2. The number of halogens is 1. The van der Waals surface area contributed by atoms with Gasteiger partial charge in [-0.15, -0.1) is 0 Å². The second kappa shape index (κ2) is 6.29. The number of hydrogen-bond acceptors (Lipinski definition) is 3. The standard InChI is InChI=1S/C18H16ClN3O3/c19-12-8-14-16(25-10-17(23)20-14)9-13(12)21-18(24)22-7-6-15(22)11-4-2-1-3-5-11/h1-5,8-9,15H,6-7,10H2,(H,20,23)(H,21,24)/t15-/m0/s1. The van der Waals surface area contributed by atoms with Crippen LogP contribution < -0.4 is 15.4 Å². The Morgan fingerprint density at radius 2 is 2.08 bits per heavy atom. The number of nitrogens with one attached hydrogen (secondary N) is 2. The fraction of sp³-hybridized carbons (Fsp3) is 0.222. The van der Waals surface area contributed by atoms with Gasteiger partial charge in [-0.3, -0.25) is 4.79 Å². The third-order valence-corrected chi connectivity index (χ3v) is 4.72. The Morgan fingerprint density at radius 3 is 2.80 bits per heavy atom. The van der Waals surface area contributed by atoms with Gasteiger partial charge in [-0.25, -0.2) is 4.79 Å². The number of anilines is 2. The Bertz CT molecular complexity index is 841. The maximum Gasteiger partial charge on any atom is 0.322 e. The smallest absolute Gasteiger partial charge is 0.322 e. The van der Waals surface area contributed by atoms with Crippen molar-refractivity contribution in [1.82, 2.24) is 4.90 Å². The molecule has 0 aliphatic carbocycles. The minimum atomic E-state index is -0.230. The minimum Gasteiger partial charge on any atom is -0.482 e. The quantitative estimate of drug-likeness (QED) is 0.861. The van der Waals surface area contributed by atoms with Crippen molar-refractivity contribution in [2.75, 3.05) is 23.8 Å². The molecule has 2 N–H and O–H groups in total. The average Bonchev–Trinajstić information content (AvgIpc) is 2.56. The first-order valence-corrected chi connectivity index (χ1v) is 8.38. The lowest BCUT2D eigenvalue weighted by atomic mass is 9.95. The lowest BCUT2D eigenvalue weighted by Gasteiger charge is -2.41. The van der Waals surface area contributed by atoms with Gasteiger partial charge in [0.1, 0.15) is 5.75 Å². The molecule has 1 saturated heterocycles. The third-order valence-electron chi connectivity index (χ3n) is 4.41. The predicted molar refractivity (Wildman–Crippen MR) is 95.1 cm³/mol. The Balaban J connectivity index is 1.51. The van der Waals surface area contributed by atoms with Crippen LogP contribution in [-0.4, -0.2) is 30.0 Å². The number of ether oxygens (including phenoxy) is 1. The fourth-order valence-corrected chi connectivity index (χ4v) is 3.25. The number of hydrogen-bond donors (Lipinski definition) is 2. The van der Waals surface area contributed by atoms with E-state index in [0.29, 0.717) is 28.7 Å². The van der Waals surface area contributed by atoms with Gasteiger partial charge in [0, 0.05) is 12.6 Å². The van der Waals surface area contributed by atoms with Gasteiger partial charge in [-0.05, 0) is 18.1 Å². The minimum absolute atomic E-state index is 0.0514. The van der Waals surface area contributed by atoms with Crippen LogP contribution in [0.2, 0.25) is 5.02 Å². The van der Waals surface area contributed by atoms with Crippen LogP contribution in [0, 0.1) is 0 Å². The first kappa shape index (κ1) is 15.8. The van der Waals surface area contributed by atoms with E-state index in [1.165, 1.54) is 0 Å². The van der Waals surface area contributed by atoms with Gasteiger partial charge in [0.05, 0.1) is 22.4 Å². The van der Waals surface area contributed by atoms with Gasteiger partial charge in [0.15, 0.2) is 6.61 Å². The van der Waals surface area contributed by atoms with Crippen molar-refractivity contribution >= 4 is 34.9 Å². The van der Waals surface area contributed by atoms with E-state index in [1.807, 2.05) is 30.3 Å². The van der Waals surface area contributed by atoms with E-state index in [1.54, 1.807) is 17.0 Å². The maximum absolute atomic E-state index is 12.6. The number of urea groups is 1. The zero-order valence-corrected chi connectivity index (χ0v) is 14.0. The van der Waals surface area contributed by atoms with Crippen LogP contribution in [0.15, 0.2) is 42.5 Å². The molecule has 2 aromatic rings. The molecule has 128 valence electrons. The van der Waals surface area contributed by atoms with Gasteiger partial charge in [0.25, 0.3) is 5.91 Å². The lowest BCUT2D eigenvalue weighted by molar-refractivity contribution is -0.118. The largest absolute Gasteiger partial charge is 0.482 e. The molecule has 0 aromatic heterocycles. The summed E-state index contributed by atoms with van der Waals surface area (Å²) in [5, 5.41) is 5.86. The Kier molecular flexibility index (Phi) is 3.97. The van der Waals surface area contributed by atoms with Crippen molar-refractivity contribution in [1.29, 1.82) is 0 Å². The summed E-state index contributed by atoms with van der Waals surface area (Å²) in [6.45, 7) is 0.644. The molecule has 2 aliphatic rings. The van der Waals surface area contributed by atoms with Gasteiger partial charge in [-0.2, -0.15) is 0 Å². The van der Waals surface area contributed by atoms with Crippen LogP contribution in [0.25, 0.3) is 0 Å². The zero-order chi connectivity index (χ0) is 17.4. The average molecular weight is 358 g/mol. The summed E-state index contributed by atoms with van der Waals surface area (Å²) in [5.41, 5.74) is 2.08. The van der Waals surface area contributed by atoms with Gasteiger partial charge in [-0.1, -0.05) is 41.9 Å². The van der Waals surface area contributed by atoms with Crippen LogP contribution in [0.5, 0.6) is 5.75 Å². The van der Waals surface area contributed by atoms with Crippen molar-refractivity contribution in [3.8, 4) is 5.75 Å². The van der Waals surface area contributed by atoms with E-state index < -0.39 is 0 Å². The van der Waals surface area contributed by atoms with E-state index in [2.05, 4.69) is 10.6 Å². The highest BCUT2D eigenvalue weighted by molar-refractivity contribution is 6.34. The van der Waals surface area contributed by atoms with Crippen molar-refractivity contribution in [2.45, 2.75) is 12.5 Å². The molecule has 4 rings (SSSR count). The molecule has 7 heteroatoms. The summed E-state index contributed by atoms with van der Waals surface area (Å²) in [6, 6.07) is 13.0. The summed E-state index contributed by atoms with van der Waals surface area (Å²) in [6.07, 6.45) is 0.935. The molecule has 0 bridgehead atoms. The number of carbonyl (C=O) groups excluding carboxylic acids is 2. The molecule has 0 radical (unpaired) electrons. The second-order valence-corrected chi connectivity index (χ2v) is 6.41. The van der Waals surface area contributed by atoms with Crippen LogP contribution >= 0.6 is 11.6 Å². The van der Waals surface area contributed by atoms with E-state index in [9.17, 15) is 9.59 Å². The predicted octanol–water partition coefficient (Wildman–Crippen LogP) is 3.65. The summed E-state index contributed by atoms with van der Waals surface area (Å²) in [7, 11) is 0. The molecule has 3 amide bonds. The molecular formula is C18H16ClN3O3. The number of amides is 3. The Morgan fingerprint density at radius 1 is 1.28 bits per heavy atom. The molecule has 0 saturated carbocycles. The van der Waals surface area contributed by atoms with E-state index >= 15 is 0 Å². The summed E-state index contributed by atoms with van der Waals surface area (Å²) in [5.74, 6) is 0.258. The normalized spacial score (nSPS) is 18.5. The topological polar surface area (TPSA) is 70.7 Å². The summed E-state index contributed by atoms with van der Waals surface area (Å²) < 4.78 is 5.37. The van der Waals surface area contributed by atoms with Crippen molar-refractivity contribution < 1.29 is 14.3 Å². The summed E-state index contributed by atoms with van der Waals surface area (Å²) in [4.78, 5) is 25.7.